The number of benzene rings is 2. The van der Waals surface area contributed by atoms with Crippen LogP contribution in [0.3, 0.4) is 0 Å². The van der Waals surface area contributed by atoms with Crippen LogP contribution in [-0.2, 0) is 31.9 Å². The molecule has 1 atom stereocenters. The molecule has 2 aromatic carbocycles. The van der Waals surface area contributed by atoms with E-state index in [1.54, 1.807) is 31.2 Å². The zero-order chi connectivity index (χ0) is 27.8. The third kappa shape index (κ3) is 7.11. The number of esters is 2. The molecule has 0 saturated heterocycles. The summed E-state index contributed by atoms with van der Waals surface area (Å²) in [7, 11) is 1.50. The number of amides is 1. The molecule has 0 aliphatic heterocycles. The Morgan fingerprint density at radius 3 is 2.54 bits per heavy atom. The van der Waals surface area contributed by atoms with Crippen molar-refractivity contribution in [2.24, 2.45) is 0 Å². The van der Waals surface area contributed by atoms with E-state index in [0.717, 1.165) is 23.3 Å². The summed E-state index contributed by atoms with van der Waals surface area (Å²) in [6.45, 7) is 1.54. The highest BCUT2D eigenvalue weighted by Crippen LogP contribution is 2.42. The summed E-state index contributed by atoms with van der Waals surface area (Å²) < 4.78 is 15.5. The number of rotatable bonds is 11. The standard InChI is InChI=1S/C30H31NO7S/c1-3-37-30(35)28-23-13-12-20(19-8-5-4-6-9-19)17-25(23)39-29(28)31-26(33)14-15-27(34)38-18-24(32)21-10-7-11-22(16-21)36-2/h4-11,16,20H,3,12-15,17-18H2,1-2H3,(H,31,33)/t20-/m0/s1. The van der Waals surface area contributed by atoms with Crippen molar-refractivity contribution in [3.8, 4) is 5.75 Å². The lowest BCUT2D eigenvalue weighted by Gasteiger charge is -2.23. The van der Waals surface area contributed by atoms with Gasteiger partial charge in [0.15, 0.2) is 12.4 Å². The molecule has 0 saturated carbocycles. The van der Waals surface area contributed by atoms with Gasteiger partial charge in [-0.1, -0.05) is 42.5 Å². The molecule has 1 heterocycles. The SMILES string of the molecule is CCOC(=O)c1c(NC(=O)CCC(=O)OCC(=O)c2cccc(OC)c2)sc2c1CC[C@H](c1ccccc1)C2. The lowest BCUT2D eigenvalue weighted by molar-refractivity contribution is -0.143. The summed E-state index contributed by atoms with van der Waals surface area (Å²) in [5, 5.41) is 3.25. The Kier molecular flexibility index (Phi) is 9.49. The molecule has 1 N–H and O–H groups in total. The van der Waals surface area contributed by atoms with Crippen LogP contribution in [0, 0.1) is 0 Å². The molecular formula is C30H31NO7S. The van der Waals surface area contributed by atoms with Gasteiger partial charge in [-0.05, 0) is 55.4 Å². The van der Waals surface area contributed by atoms with Crippen LogP contribution < -0.4 is 10.1 Å². The van der Waals surface area contributed by atoms with Gasteiger partial charge in [-0.3, -0.25) is 14.4 Å². The summed E-state index contributed by atoms with van der Waals surface area (Å²) in [5.41, 5.74) is 2.95. The molecular weight excluding hydrogens is 518 g/mol. The van der Waals surface area contributed by atoms with Crippen molar-refractivity contribution >= 4 is 40.0 Å². The molecule has 4 rings (SSSR count). The first-order chi connectivity index (χ1) is 18.9. The number of nitrogens with one attached hydrogen (secondary N) is 1. The fourth-order valence-electron chi connectivity index (χ4n) is 4.61. The number of anilines is 1. The molecule has 0 radical (unpaired) electrons. The topological polar surface area (TPSA) is 108 Å². The number of hydrogen-bond acceptors (Lipinski definition) is 8. The molecule has 1 aliphatic carbocycles. The van der Waals surface area contributed by atoms with Gasteiger partial charge < -0.3 is 19.5 Å². The number of ketones is 1. The van der Waals surface area contributed by atoms with Gasteiger partial charge in [0.1, 0.15) is 10.8 Å². The van der Waals surface area contributed by atoms with Crippen LogP contribution >= 0.6 is 11.3 Å². The van der Waals surface area contributed by atoms with E-state index in [1.165, 1.54) is 24.0 Å². The van der Waals surface area contributed by atoms with Crippen LogP contribution in [0.15, 0.2) is 54.6 Å². The minimum absolute atomic E-state index is 0.149. The van der Waals surface area contributed by atoms with E-state index >= 15 is 0 Å². The average Bonchev–Trinajstić information content (AvgIpc) is 3.32. The van der Waals surface area contributed by atoms with E-state index in [4.69, 9.17) is 14.2 Å². The summed E-state index contributed by atoms with van der Waals surface area (Å²) in [6.07, 6.45) is 2.04. The van der Waals surface area contributed by atoms with Crippen molar-refractivity contribution < 1.29 is 33.4 Å². The van der Waals surface area contributed by atoms with E-state index in [0.29, 0.717) is 34.2 Å². The quantitative estimate of drug-likeness (QED) is 0.254. The molecule has 0 bridgehead atoms. The molecule has 1 aliphatic rings. The van der Waals surface area contributed by atoms with Gasteiger partial charge in [0.2, 0.25) is 5.91 Å². The minimum Gasteiger partial charge on any atom is -0.497 e. The van der Waals surface area contributed by atoms with E-state index in [9.17, 15) is 19.2 Å². The third-order valence-electron chi connectivity index (χ3n) is 6.58. The van der Waals surface area contributed by atoms with Crippen LogP contribution in [0.25, 0.3) is 0 Å². The number of methoxy groups -OCH3 is 1. The number of fused-ring (bicyclic) bond motifs is 1. The van der Waals surface area contributed by atoms with Crippen molar-refractivity contribution in [1.29, 1.82) is 0 Å². The van der Waals surface area contributed by atoms with Gasteiger partial charge in [-0.25, -0.2) is 4.79 Å². The van der Waals surface area contributed by atoms with Gasteiger partial charge in [-0.15, -0.1) is 11.3 Å². The van der Waals surface area contributed by atoms with Crippen molar-refractivity contribution in [2.75, 3.05) is 25.6 Å². The van der Waals surface area contributed by atoms with Crippen LogP contribution in [0.2, 0.25) is 0 Å². The van der Waals surface area contributed by atoms with Gasteiger partial charge in [0.25, 0.3) is 0 Å². The van der Waals surface area contributed by atoms with E-state index in [-0.39, 0.29) is 25.2 Å². The molecule has 1 amide bonds. The van der Waals surface area contributed by atoms with E-state index in [2.05, 4.69) is 17.4 Å². The van der Waals surface area contributed by atoms with E-state index < -0.39 is 24.5 Å². The summed E-state index contributed by atoms with van der Waals surface area (Å²) in [6, 6.07) is 16.8. The maximum Gasteiger partial charge on any atom is 0.341 e. The Labute approximate surface area is 231 Å². The molecule has 0 spiro atoms. The predicted octanol–water partition coefficient (Wildman–Crippen LogP) is 5.35. The first kappa shape index (κ1) is 28.0. The summed E-state index contributed by atoms with van der Waals surface area (Å²) >= 11 is 1.39. The monoisotopic (exact) mass is 549 g/mol. The van der Waals surface area contributed by atoms with Crippen molar-refractivity contribution in [3.63, 3.8) is 0 Å². The first-order valence-electron chi connectivity index (χ1n) is 12.9. The first-order valence-corrected chi connectivity index (χ1v) is 13.7. The molecule has 3 aromatic rings. The maximum atomic E-state index is 12.8. The number of ether oxygens (including phenoxy) is 3. The smallest absolute Gasteiger partial charge is 0.341 e. The van der Waals surface area contributed by atoms with Gasteiger partial charge in [-0.2, -0.15) is 0 Å². The molecule has 0 fully saturated rings. The lowest BCUT2D eigenvalue weighted by atomic mass is 9.83. The van der Waals surface area contributed by atoms with Crippen molar-refractivity contribution in [1.82, 2.24) is 0 Å². The molecule has 9 heteroatoms. The Morgan fingerprint density at radius 2 is 1.79 bits per heavy atom. The number of carbonyl (C=O) groups excluding carboxylic acids is 4. The number of carbonyl (C=O) groups is 4. The summed E-state index contributed by atoms with van der Waals surface area (Å²) in [4.78, 5) is 51.1. The second-order valence-corrected chi connectivity index (χ2v) is 10.2. The normalized spacial score (nSPS) is 14.2. The molecule has 1 aromatic heterocycles. The highest BCUT2D eigenvalue weighted by atomic mass is 32.1. The average molecular weight is 550 g/mol. The highest BCUT2D eigenvalue weighted by Gasteiger charge is 2.31. The zero-order valence-electron chi connectivity index (χ0n) is 22.0. The zero-order valence-corrected chi connectivity index (χ0v) is 22.8. The number of hydrogen-bond donors (Lipinski definition) is 1. The fourth-order valence-corrected chi connectivity index (χ4v) is 5.94. The second kappa shape index (κ2) is 13.2. The summed E-state index contributed by atoms with van der Waals surface area (Å²) in [5.74, 6) is -1.05. The molecule has 0 unspecified atom stereocenters. The molecule has 8 nitrogen and oxygen atoms in total. The Bertz CT molecular complexity index is 1350. The second-order valence-electron chi connectivity index (χ2n) is 9.14. The number of Topliss-reactive ketones (excluding diaryl/α,β-unsaturated/α-hetero) is 1. The Hall–Kier alpha value is -3.98. The van der Waals surface area contributed by atoms with Crippen molar-refractivity contribution in [2.45, 2.75) is 44.9 Å². The third-order valence-corrected chi connectivity index (χ3v) is 7.75. The lowest BCUT2D eigenvalue weighted by Crippen LogP contribution is -2.19. The largest absolute Gasteiger partial charge is 0.497 e. The predicted molar refractivity (Wildman–Crippen MR) is 148 cm³/mol. The van der Waals surface area contributed by atoms with Crippen LogP contribution in [-0.4, -0.2) is 44.0 Å². The molecule has 39 heavy (non-hydrogen) atoms. The van der Waals surface area contributed by atoms with Crippen LogP contribution in [0.5, 0.6) is 5.75 Å². The molecule has 204 valence electrons. The van der Waals surface area contributed by atoms with Gasteiger partial charge >= 0.3 is 11.9 Å². The van der Waals surface area contributed by atoms with Crippen LogP contribution in [0.1, 0.15) is 68.8 Å². The Morgan fingerprint density at radius 1 is 1.00 bits per heavy atom. The van der Waals surface area contributed by atoms with Crippen molar-refractivity contribution in [3.05, 3.63) is 81.7 Å². The van der Waals surface area contributed by atoms with E-state index in [1.807, 2.05) is 18.2 Å². The fraction of sp³-hybridized carbons (Fsp3) is 0.333. The van der Waals surface area contributed by atoms with Gasteiger partial charge in [0.05, 0.1) is 25.7 Å². The maximum absolute atomic E-state index is 12.8. The minimum atomic E-state index is -0.664. The van der Waals surface area contributed by atoms with Gasteiger partial charge in [0, 0.05) is 16.9 Å². The van der Waals surface area contributed by atoms with Crippen LogP contribution in [0.4, 0.5) is 5.00 Å². The Balaban J connectivity index is 1.36. The highest BCUT2D eigenvalue weighted by molar-refractivity contribution is 7.17. The number of thiophene rings is 1.